The van der Waals surface area contributed by atoms with Gasteiger partial charge in [-0.25, -0.2) is 0 Å². The summed E-state index contributed by atoms with van der Waals surface area (Å²) in [5, 5.41) is 3.93. The number of nitrogens with one attached hydrogen (secondary N) is 1. The van der Waals surface area contributed by atoms with Gasteiger partial charge in [-0.2, -0.15) is 0 Å². The van der Waals surface area contributed by atoms with Crippen molar-refractivity contribution in [3.05, 3.63) is 28.8 Å². The van der Waals surface area contributed by atoms with E-state index in [4.69, 9.17) is 29.6 Å². The molecule has 0 aliphatic rings. The third-order valence-corrected chi connectivity index (χ3v) is 4.58. The molecule has 0 heterocycles. The Morgan fingerprint density at radius 1 is 1.61 bits per heavy atom. The van der Waals surface area contributed by atoms with E-state index < -0.39 is 10.8 Å². The van der Waals surface area contributed by atoms with Crippen LogP contribution in [-0.4, -0.2) is 27.2 Å². The molecule has 2 unspecified atom stereocenters. The normalized spacial score (nSPS) is 13.9. The molecule has 18 heavy (non-hydrogen) atoms. The lowest BCUT2D eigenvalue weighted by molar-refractivity contribution is 0.672. The van der Waals surface area contributed by atoms with E-state index in [9.17, 15) is 4.21 Å². The number of nitrogens with two attached hydrogens (primary N) is 1. The van der Waals surface area contributed by atoms with Gasteiger partial charge in [0.2, 0.25) is 0 Å². The standard InChI is InChI=1S/C12H17ClN2OS2/c1-8(18(2)16)6-7-15-10-5-3-4-9(13)11(10)12(14)17/h3-5,8,15H,6-7H2,1-2H3,(H2,14,17). The monoisotopic (exact) mass is 304 g/mol. The van der Waals surface area contributed by atoms with Crippen molar-refractivity contribution in [3.63, 3.8) is 0 Å². The lowest BCUT2D eigenvalue weighted by Gasteiger charge is -2.14. The fraction of sp³-hybridized carbons (Fsp3) is 0.417. The zero-order chi connectivity index (χ0) is 13.7. The first kappa shape index (κ1) is 15.4. The van der Waals surface area contributed by atoms with Gasteiger partial charge in [-0.15, -0.1) is 0 Å². The second-order valence-electron chi connectivity index (χ2n) is 4.05. The van der Waals surface area contributed by atoms with Crippen LogP contribution in [0.4, 0.5) is 5.69 Å². The summed E-state index contributed by atoms with van der Waals surface area (Å²) in [6, 6.07) is 5.48. The van der Waals surface area contributed by atoms with E-state index in [1.54, 1.807) is 12.3 Å². The number of rotatable bonds is 6. The molecule has 3 N–H and O–H groups in total. The first-order chi connectivity index (χ1) is 8.43. The molecular weight excluding hydrogens is 288 g/mol. The number of hydrogen-bond acceptors (Lipinski definition) is 3. The Kier molecular flexibility index (Phi) is 6.05. The van der Waals surface area contributed by atoms with Gasteiger partial charge in [-0.1, -0.05) is 36.8 Å². The summed E-state index contributed by atoms with van der Waals surface area (Å²) in [6.07, 6.45) is 2.52. The Morgan fingerprint density at radius 2 is 2.28 bits per heavy atom. The average Bonchev–Trinajstić information content (AvgIpc) is 2.28. The van der Waals surface area contributed by atoms with Crippen LogP contribution >= 0.6 is 23.8 Å². The Bertz CT molecular complexity index is 465. The summed E-state index contributed by atoms with van der Waals surface area (Å²) in [4.78, 5) is 0.273. The zero-order valence-electron chi connectivity index (χ0n) is 10.4. The summed E-state index contributed by atoms with van der Waals surface area (Å²) in [7, 11) is -0.803. The van der Waals surface area contributed by atoms with E-state index in [1.165, 1.54) is 0 Å². The predicted molar refractivity (Wildman–Crippen MR) is 84.0 cm³/mol. The predicted octanol–water partition coefficient (Wildman–Crippen LogP) is 2.54. The van der Waals surface area contributed by atoms with Gasteiger partial charge in [-0.3, -0.25) is 4.21 Å². The number of halogens is 1. The maximum absolute atomic E-state index is 11.2. The summed E-state index contributed by atoms with van der Waals surface area (Å²) in [5.74, 6) is 0. The summed E-state index contributed by atoms with van der Waals surface area (Å²) >= 11 is 11.0. The SMILES string of the molecule is CC(CCNc1cccc(Cl)c1C(N)=S)S(C)=O. The molecule has 2 atom stereocenters. The molecule has 0 radical (unpaired) electrons. The van der Waals surface area contributed by atoms with E-state index >= 15 is 0 Å². The smallest absolute Gasteiger partial charge is 0.107 e. The van der Waals surface area contributed by atoms with Crippen molar-refractivity contribution in [1.29, 1.82) is 0 Å². The number of anilines is 1. The Labute approximate surface area is 121 Å². The maximum Gasteiger partial charge on any atom is 0.107 e. The number of thiocarbonyl (C=S) groups is 1. The minimum atomic E-state index is -0.803. The highest BCUT2D eigenvalue weighted by Crippen LogP contribution is 2.24. The quantitative estimate of drug-likeness (QED) is 0.793. The first-order valence-corrected chi connectivity index (χ1v) is 7.98. The Hall–Kier alpha value is -0.650. The van der Waals surface area contributed by atoms with Gasteiger partial charge in [-0.05, 0) is 18.6 Å². The van der Waals surface area contributed by atoms with E-state index in [-0.39, 0.29) is 10.2 Å². The van der Waals surface area contributed by atoms with Gasteiger partial charge >= 0.3 is 0 Å². The van der Waals surface area contributed by atoms with Crippen LogP contribution in [0, 0.1) is 0 Å². The Morgan fingerprint density at radius 3 is 2.83 bits per heavy atom. The fourth-order valence-corrected chi connectivity index (χ4v) is 2.50. The van der Waals surface area contributed by atoms with Crippen LogP contribution in [0.2, 0.25) is 5.02 Å². The highest BCUT2D eigenvalue weighted by atomic mass is 35.5. The van der Waals surface area contributed by atoms with Crippen molar-refractivity contribution in [2.45, 2.75) is 18.6 Å². The molecule has 1 aromatic rings. The maximum atomic E-state index is 11.2. The molecule has 0 aliphatic heterocycles. The minimum Gasteiger partial charge on any atom is -0.389 e. The number of hydrogen-bond donors (Lipinski definition) is 2. The summed E-state index contributed by atoms with van der Waals surface area (Å²) in [5.41, 5.74) is 7.14. The van der Waals surface area contributed by atoms with Crippen molar-refractivity contribution in [1.82, 2.24) is 0 Å². The highest BCUT2D eigenvalue weighted by Gasteiger charge is 2.10. The molecule has 0 aromatic heterocycles. The molecule has 0 bridgehead atoms. The zero-order valence-corrected chi connectivity index (χ0v) is 12.8. The number of benzene rings is 1. The van der Waals surface area contributed by atoms with Crippen LogP contribution in [0.1, 0.15) is 18.9 Å². The van der Waals surface area contributed by atoms with Crippen molar-refractivity contribution in [2.75, 3.05) is 18.1 Å². The topological polar surface area (TPSA) is 55.1 Å². The second-order valence-corrected chi connectivity index (χ2v) is 6.70. The highest BCUT2D eigenvalue weighted by molar-refractivity contribution is 7.84. The van der Waals surface area contributed by atoms with Crippen LogP contribution in [0.5, 0.6) is 0 Å². The van der Waals surface area contributed by atoms with Crippen molar-refractivity contribution in [3.8, 4) is 0 Å². The molecule has 0 fully saturated rings. The molecule has 0 saturated heterocycles. The third-order valence-electron chi connectivity index (χ3n) is 2.69. The lowest BCUT2D eigenvalue weighted by atomic mass is 10.1. The van der Waals surface area contributed by atoms with Crippen molar-refractivity contribution >= 4 is 45.3 Å². The Balaban J connectivity index is 2.71. The summed E-state index contributed by atoms with van der Waals surface area (Å²) in [6.45, 7) is 2.67. The van der Waals surface area contributed by atoms with Crippen LogP contribution in [-0.2, 0) is 10.8 Å². The largest absolute Gasteiger partial charge is 0.389 e. The molecule has 100 valence electrons. The molecular formula is C12H17ClN2OS2. The molecule has 0 saturated carbocycles. The second kappa shape index (κ2) is 7.07. The molecule has 1 rings (SSSR count). The molecule has 0 aliphatic carbocycles. The van der Waals surface area contributed by atoms with Crippen molar-refractivity contribution in [2.24, 2.45) is 5.73 Å². The molecule has 0 amide bonds. The summed E-state index contributed by atoms with van der Waals surface area (Å²) < 4.78 is 11.2. The molecule has 3 nitrogen and oxygen atoms in total. The van der Waals surface area contributed by atoms with Crippen LogP contribution in [0.25, 0.3) is 0 Å². The van der Waals surface area contributed by atoms with Crippen LogP contribution < -0.4 is 11.1 Å². The van der Waals surface area contributed by atoms with Gasteiger partial charge in [0.15, 0.2) is 0 Å². The van der Waals surface area contributed by atoms with E-state index in [0.29, 0.717) is 17.1 Å². The van der Waals surface area contributed by atoms with E-state index in [2.05, 4.69) is 5.32 Å². The van der Waals surface area contributed by atoms with E-state index in [0.717, 1.165) is 12.1 Å². The van der Waals surface area contributed by atoms with Gasteiger partial charge < -0.3 is 11.1 Å². The lowest BCUT2D eigenvalue weighted by Crippen LogP contribution is -2.18. The molecule has 0 spiro atoms. The van der Waals surface area contributed by atoms with Gasteiger partial charge in [0.25, 0.3) is 0 Å². The van der Waals surface area contributed by atoms with Gasteiger partial charge in [0.1, 0.15) is 4.99 Å². The van der Waals surface area contributed by atoms with Crippen LogP contribution in [0.3, 0.4) is 0 Å². The minimum absolute atomic E-state index is 0.157. The molecule has 6 heteroatoms. The van der Waals surface area contributed by atoms with Gasteiger partial charge in [0.05, 0.1) is 10.6 Å². The average molecular weight is 305 g/mol. The van der Waals surface area contributed by atoms with Gasteiger partial charge in [0, 0.05) is 34.5 Å². The first-order valence-electron chi connectivity index (χ1n) is 5.58. The molecule has 1 aromatic carbocycles. The van der Waals surface area contributed by atoms with Crippen molar-refractivity contribution < 1.29 is 4.21 Å². The van der Waals surface area contributed by atoms with Crippen LogP contribution in [0.15, 0.2) is 18.2 Å². The fourth-order valence-electron chi connectivity index (χ4n) is 1.50. The third kappa shape index (κ3) is 4.23. The van der Waals surface area contributed by atoms with E-state index in [1.807, 2.05) is 19.1 Å².